The van der Waals surface area contributed by atoms with E-state index in [2.05, 4.69) is 40.8 Å². The maximum Gasteiger partial charge on any atom is 0.305 e. The first-order valence-corrected chi connectivity index (χ1v) is 16.1. The molecule has 0 radical (unpaired) electrons. The van der Waals surface area contributed by atoms with Gasteiger partial charge in [-0.3, -0.25) is 4.79 Å². The molecule has 0 fully saturated rings. The molecule has 0 aliphatic heterocycles. The number of carbonyl (C=O) groups excluding carboxylic acids is 1. The van der Waals surface area contributed by atoms with Crippen LogP contribution in [0.3, 0.4) is 0 Å². The Morgan fingerprint density at radius 1 is 0.636 bits per heavy atom. The van der Waals surface area contributed by atoms with E-state index in [0.717, 1.165) is 12.8 Å². The molecule has 0 atom stereocenters. The van der Waals surface area contributed by atoms with Crippen LogP contribution >= 0.6 is 0 Å². The van der Waals surface area contributed by atoms with Gasteiger partial charge in [-0.1, -0.05) is 79.1 Å². The molecule has 0 aromatic carbocycles. The molecule has 0 bridgehead atoms. The summed E-state index contributed by atoms with van der Waals surface area (Å²) in [6.45, 7) is 17.5. The van der Waals surface area contributed by atoms with E-state index in [1.165, 1.54) is 44.9 Å². The van der Waals surface area contributed by atoms with E-state index < -0.39 is 8.32 Å². The molecular formula is C26H54O6Si. The number of rotatable bonds is 23. The van der Waals surface area contributed by atoms with Crippen LogP contribution in [-0.4, -0.2) is 67.1 Å². The minimum absolute atomic E-state index is 0.118. The largest absolute Gasteiger partial charge is 0.463 e. The Kier molecular flexibility index (Phi) is 20.6. The van der Waals surface area contributed by atoms with Crippen LogP contribution in [0.25, 0.3) is 0 Å². The SMILES string of the molecule is CCCCCCCCCCCC(=O)OCCOCCOCCOCCO[Si](C)(C)C(C)(C)C. The van der Waals surface area contributed by atoms with Crippen molar-refractivity contribution in [3.05, 3.63) is 0 Å². The second-order valence-electron chi connectivity index (χ2n) is 10.2. The molecule has 0 aromatic rings. The van der Waals surface area contributed by atoms with Gasteiger partial charge in [-0.05, 0) is 24.6 Å². The summed E-state index contributed by atoms with van der Waals surface area (Å²) >= 11 is 0. The third-order valence-electron chi connectivity index (χ3n) is 6.22. The van der Waals surface area contributed by atoms with Gasteiger partial charge in [0.05, 0.1) is 46.2 Å². The molecule has 198 valence electrons. The van der Waals surface area contributed by atoms with Crippen LogP contribution < -0.4 is 0 Å². The molecule has 0 rings (SSSR count). The summed E-state index contributed by atoms with van der Waals surface area (Å²) in [5.74, 6) is -0.118. The fourth-order valence-electron chi connectivity index (χ4n) is 2.98. The summed E-state index contributed by atoms with van der Waals surface area (Å²) in [6.07, 6.45) is 11.7. The van der Waals surface area contributed by atoms with E-state index in [0.29, 0.717) is 59.3 Å². The van der Waals surface area contributed by atoms with Gasteiger partial charge >= 0.3 is 5.97 Å². The number of hydrogen-bond donors (Lipinski definition) is 0. The highest BCUT2D eigenvalue weighted by Gasteiger charge is 2.36. The van der Waals surface area contributed by atoms with Gasteiger partial charge in [0.15, 0.2) is 8.32 Å². The van der Waals surface area contributed by atoms with Crippen molar-refractivity contribution < 1.29 is 28.2 Å². The third kappa shape index (κ3) is 20.6. The average molecular weight is 491 g/mol. The molecule has 0 amide bonds. The van der Waals surface area contributed by atoms with Crippen LogP contribution in [0.2, 0.25) is 18.1 Å². The van der Waals surface area contributed by atoms with Gasteiger partial charge in [-0.25, -0.2) is 0 Å². The standard InChI is InChI=1S/C26H54O6Si/c1-7-8-9-10-11-12-13-14-15-16-25(27)31-23-21-29-19-17-28-18-20-30-22-24-32-33(5,6)26(2,3)4/h7-24H2,1-6H3. The summed E-state index contributed by atoms with van der Waals surface area (Å²) < 4.78 is 27.8. The lowest BCUT2D eigenvalue weighted by molar-refractivity contribution is -0.145. The van der Waals surface area contributed by atoms with E-state index in [4.69, 9.17) is 23.4 Å². The predicted molar refractivity (Wildman–Crippen MR) is 138 cm³/mol. The Morgan fingerprint density at radius 2 is 1.06 bits per heavy atom. The summed E-state index contributed by atoms with van der Waals surface area (Å²) in [7, 11) is -1.69. The molecule has 0 heterocycles. The first kappa shape index (κ1) is 32.5. The van der Waals surface area contributed by atoms with Crippen molar-refractivity contribution in [1.82, 2.24) is 0 Å². The highest BCUT2D eigenvalue weighted by Crippen LogP contribution is 2.36. The Hall–Kier alpha value is -0.473. The highest BCUT2D eigenvalue weighted by molar-refractivity contribution is 6.74. The zero-order valence-corrected chi connectivity index (χ0v) is 23.7. The smallest absolute Gasteiger partial charge is 0.305 e. The van der Waals surface area contributed by atoms with Crippen molar-refractivity contribution in [2.75, 3.05) is 52.9 Å². The van der Waals surface area contributed by atoms with Gasteiger partial charge < -0.3 is 23.4 Å². The number of carbonyl (C=O) groups is 1. The number of unbranched alkanes of at least 4 members (excludes halogenated alkanes) is 8. The molecule has 0 aromatic heterocycles. The molecule has 0 spiro atoms. The molecule has 0 unspecified atom stereocenters. The molecule has 0 aliphatic carbocycles. The van der Waals surface area contributed by atoms with Crippen LogP contribution in [-0.2, 0) is 28.2 Å². The van der Waals surface area contributed by atoms with Crippen molar-refractivity contribution >= 4 is 14.3 Å². The van der Waals surface area contributed by atoms with E-state index in [1.54, 1.807) is 0 Å². The first-order chi connectivity index (χ1) is 15.7. The van der Waals surface area contributed by atoms with Crippen molar-refractivity contribution in [2.24, 2.45) is 0 Å². The van der Waals surface area contributed by atoms with Gasteiger partial charge in [-0.15, -0.1) is 0 Å². The Bertz CT molecular complexity index is 451. The third-order valence-corrected chi connectivity index (χ3v) is 10.8. The van der Waals surface area contributed by atoms with Crippen LogP contribution in [0.1, 0.15) is 91.9 Å². The van der Waals surface area contributed by atoms with Crippen LogP contribution in [0, 0.1) is 0 Å². The average Bonchev–Trinajstić information content (AvgIpc) is 2.75. The van der Waals surface area contributed by atoms with Crippen molar-refractivity contribution in [1.29, 1.82) is 0 Å². The van der Waals surface area contributed by atoms with E-state index in [9.17, 15) is 4.79 Å². The zero-order valence-electron chi connectivity index (χ0n) is 22.7. The van der Waals surface area contributed by atoms with Gasteiger partial charge in [0.25, 0.3) is 0 Å². The second kappa shape index (κ2) is 20.9. The lowest BCUT2D eigenvalue weighted by Crippen LogP contribution is -2.41. The van der Waals surface area contributed by atoms with Gasteiger partial charge in [0, 0.05) is 6.42 Å². The first-order valence-electron chi connectivity index (χ1n) is 13.2. The van der Waals surface area contributed by atoms with Crippen molar-refractivity contribution in [3.63, 3.8) is 0 Å². The molecule has 6 nitrogen and oxygen atoms in total. The fraction of sp³-hybridized carbons (Fsp3) is 0.962. The lowest BCUT2D eigenvalue weighted by atomic mass is 10.1. The maximum absolute atomic E-state index is 11.7. The van der Waals surface area contributed by atoms with E-state index >= 15 is 0 Å². The minimum Gasteiger partial charge on any atom is -0.463 e. The summed E-state index contributed by atoms with van der Waals surface area (Å²) in [5, 5.41) is 0.224. The van der Waals surface area contributed by atoms with Crippen molar-refractivity contribution in [3.8, 4) is 0 Å². The zero-order chi connectivity index (χ0) is 24.8. The number of hydrogen-bond acceptors (Lipinski definition) is 6. The summed E-state index contributed by atoms with van der Waals surface area (Å²) in [4.78, 5) is 11.7. The van der Waals surface area contributed by atoms with E-state index in [1.807, 2.05) is 0 Å². The fourth-order valence-corrected chi connectivity index (χ4v) is 4.01. The van der Waals surface area contributed by atoms with E-state index in [-0.39, 0.29) is 11.0 Å². The van der Waals surface area contributed by atoms with Gasteiger partial charge in [0.1, 0.15) is 6.61 Å². The molecule has 0 saturated carbocycles. The van der Waals surface area contributed by atoms with Crippen LogP contribution in [0.15, 0.2) is 0 Å². The van der Waals surface area contributed by atoms with Crippen LogP contribution in [0.4, 0.5) is 0 Å². The normalized spacial score (nSPS) is 12.3. The van der Waals surface area contributed by atoms with Gasteiger partial charge in [-0.2, -0.15) is 0 Å². The molecule has 0 N–H and O–H groups in total. The molecule has 0 aliphatic rings. The molecule has 7 heteroatoms. The quantitative estimate of drug-likeness (QED) is 0.0922. The topological polar surface area (TPSA) is 63.2 Å². The molecule has 33 heavy (non-hydrogen) atoms. The highest BCUT2D eigenvalue weighted by atomic mass is 28.4. The monoisotopic (exact) mass is 490 g/mol. The van der Waals surface area contributed by atoms with Crippen LogP contribution in [0.5, 0.6) is 0 Å². The molecule has 0 saturated heterocycles. The Labute approximate surface area is 205 Å². The predicted octanol–water partition coefficient (Wildman–Crippen LogP) is 6.52. The maximum atomic E-state index is 11.7. The summed E-state index contributed by atoms with van der Waals surface area (Å²) in [5.41, 5.74) is 0. The second-order valence-corrected chi connectivity index (χ2v) is 15.1. The number of ether oxygens (including phenoxy) is 4. The number of esters is 1. The Balaban J connectivity index is 3.29. The van der Waals surface area contributed by atoms with Crippen molar-refractivity contribution in [2.45, 2.75) is 110 Å². The lowest BCUT2D eigenvalue weighted by Gasteiger charge is -2.36. The van der Waals surface area contributed by atoms with Gasteiger partial charge in [0.2, 0.25) is 0 Å². The molecular weight excluding hydrogens is 436 g/mol. The Morgan fingerprint density at radius 3 is 1.55 bits per heavy atom. The minimum atomic E-state index is -1.69. The summed E-state index contributed by atoms with van der Waals surface area (Å²) in [6, 6.07) is 0.